The van der Waals surface area contributed by atoms with Gasteiger partial charge in [0, 0.05) is 22.9 Å². The number of carbonyl (C=O) groups is 1. The van der Waals surface area contributed by atoms with E-state index in [9.17, 15) is 17.6 Å². The van der Waals surface area contributed by atoms with Crippen molar-refractivity contribution in [3.05, 3.63) is 47.5 Å². The van der Waals surface area contributed by atoms with E-state index in [1.54, 1.807) is 6.07 Å². The van der Waals surface area contributed by atoms with Crippen molar-refractivity contribution in [2.45, 2.75) is 0 Å². The summed E-state index contributed by atoms with van der Waals surface area (Å²) in [5.74, 6) is -1.45. The van der Waals surface area contributed by atoms with E-state index in [1.165, 1.54) is 37.6 Å². The highest BCUT2D eigenvalue weighted by Gasteiger charge is 2.15. The minimum atomic E-state index is -3.70. The molecule has 9 heteroatoms. The summed E-state index contributed by atoms with van der Waals surface area (Å²) in [6.07, 6.45) is 2.09. The van der Waals surface area contributed by atoms with E-state index in [0.29, 0.717) is 11.1 Å². The van der Waals surface area contributed by atoms with Crippen molar-refractivity contribution < 1.29 is 22.3 Å². The fourth-order valence-electron chi connectivity index (χ4n) is 1.97. The third-order valence-electron chi connectivity index (χ3n) is 3.01. The Balaban J connectivity index is 2.47. The predicted octanol–water partition coefficient (Wildman–Crippen LogP) is 1.46. The lowest BCUT2D eigenvalue weighted by Gasteiger charge is -2.11. The maximum Gasteiger partial charge on any atom is 0.264 e. The Morgan fingerprint density at radius 2 is 2.08 bits per heavy atom. The lowest BCUT2D eigenvalue weighted by Crippen LogP contribution is -2.29. The van der Waals surface area contributed by atoms with Gasteiger partial charge in [0.2, 0.25) is 16.0 Å². The third-order valence-corrected chi connectivity index (χ3v) is 3.57. The van der Waals surface area contributed by atoms with Crippen LogP contribution in [0.2, 0.25) is 0 Å². The number of aromatic nitrogens is 1. The van der Waals surface area contributed by atoms with Gasteiger partial charge in [-0.05, 0) is 24.3 Å². The number of halogens is 1. The van der Waals surface area contributed by atoms with Crippen LogP contribution in [0, 0.1) is 17.3 Å². The van der Waals surface area contributed by atoms with Gasteiger partial charge in [-0.3, -0.25) is 4.79 Å². The summed E-state index contributed by atoms with van der Waals surface area (Å²) in [5, 5.41) is 8.87. The summed E-state index contributed by atoms with van der Waals surface area (Å²) in [7, 11) is -2.33. The Bertz CT molecular complexity index is 952. The van der Waals surface area contributed by atoms with E-state index in [0.717, 1.165) is 6.26 Å². The minimum absolute atomic E-state index is 0.0663. The highest BCUT2D eigenvalue weighted by molar-refractivity contribution is 7.89. The first-order chi connectivity index (χ1) is 11.2. The van der Waals surface area contributed by atoms with Gasteiger partial charge in [0.25, 0.3) is 5.91 Å². The van der Waals surface area contributed by atoms with E-state index in [2.05, 4.69) is 4.98 Å². The lowest BCUT2D eigenvalue weighted by molar-refractivity contribution is 0.0981. The number of hydrogen-bond donors (Lipinski definition) is 1. The second-order valence-corrected chi connectivity index (χ2v) is 6.54. The van der Waals surface area contributed by atoms with Gasteiger partial charge in [0.1, 0.15) is 17.4 Å². The van der Waals surface area contributed by atoms with Crippen LogP contribution >= 0.6 is 0 Å². The number of amides is 1. The van der Waals surface area contributed by atoms with E-state index >= 15 is 0 Å². The zero-order valence-corrected chi connectivity index (χ0v) is 13.5. The summed E-state index contributed by atoms with van der Waals surface area (Å²) >= 11 is 0. The van der Waals surface area contributed by atoms with Crippen molar-refractivity contribution in [3.63, 3.8) is 0 Å². The number of methoxy groups -OCH3 is 1. The number of carbonyl (C=O) groups excluding carboxylic acids is 1. The Labute approximate surface area is 137 Å². The van der Waals surface area contributed by atoms with Crippen molar-refractivity contribution in [1.82, 2.24) is 9.71 Å². The number of nitrogens with one attached hydrogen (secondary N) is 1. The third kappa shape index (κ3) is 3.85. The number of hydrogen-bond acceptors (Lipinski definition) is 6. The Morgan fingerprint density at radius 1 is 1.38 bits per heavy atom. The van der Waals surface area contributed by atoms with Crippen LogP contribution in [0.3, 0.4) is 0 Å². The quantitative estimate of drug-likeness (QED) is 0.837. The molecule has 1 aromatic heterocycles. The first-order valence-corrected chi connectivity index (χ1v) is 8.40. The molecule has 1 heterocycles. The molecule has 7 nitrogen and oxygen atoms in total. The number of sulfonamides is 1. The van der Waals surface area contributed by atoms with Gasteiger partial charge in [-0.25, -0.2) is 18.1 Å². The average molecular weight is 349 g/mol. The van der Waals surface area contributed by atoms with Crippen molar-refractivity contribution in [2.75, 3.05) is 13.4 Å². The molecular formula is C15H12FN3O4S. The molecule has 2 rings (SSSR count). The lowest BCUT2D eigenvalue weighted by atomic mass is 10.0. The number of rotatable bonds is 4. The second kappa shape index (κ2) is 6.64. The normalized spacial score (nSPS) is 10.8. The molecular weight excluding hydrogens is 337 g/mol. The summed E-state index contributed by atoms with van der Waals surface area (Å²) < 4.78 is 42.6. The van der Waals surface area contributed by atoms with E-state index in [1.807, 2.05) is 4.72 Å². The molecule has 0 aliphatic rings. The van der Waals surface area contributed by atoms with Crippen molar-refractivity contribution in [3.8, 4) is 22.9 Å². The molecule has 1 aromatic carbocycles. The molecule has 0 fully saturated rings. The molecule has 0 bridgehead atoms. The molecule has 0 unspecified atom stereocenters. The molecule has 0 atom stereocenters. The predicted molar refractivity (Wildman–Crippen MR) is 83.2 cm³/mol. The van der Waals surface area contributed by atoms with Crippen molar-refractivity contribution in [1.29, 1.82) is 5.26 Å². The van der Waals surface area contributed by atoms with Gasteiger partial charge in [0.15, 0.2) is 0 Å². The minimum Gasteiger partial charge on any atom is -0.496 e. The Hall–Kier alpha value is -2.99. The van der Waals surface area contributed by atoms with Crippen LogP contribution in [0.4, 0.5) is 4.39 Å². The molecule has 124 valence electrons. The van der Waals surface area contributed by atoms with Crippen LogP contribution in [0.15, 0.2) is 30.5 Å². The summed E-state index contributed by atoms with van der Waals surface area (Å²) in [4.78, 5) is 15.4. The molecule has 24 heavy (non-hydrogen) atoms. The maximum atomic E-state index is 13.3. The molecule has 0 aliphatic heterocycles. The molecule has 1 amide bonds. The number of benzene rings is 1. The molecule has 0 spiro atoms. The summed E-state index contributed by atoms with van der Waals surface area (Å²) in [6.45, 7) is 0. The maximum absolute atomic E-state index is 13.3. The standard InChI is InChI=1S/C15H12FN3O4S/c1-23-13-6-9(15(20)19-24(2,21)22)3-4-12(13)11-5-10(7-17)14(16)18-8-11/h3-6,8H,1-2H3,(H,19,20). The summed E-state index contributed by atoms with van der Waals surface area (Å²) in [6, 6.07) is 7.20. The SMILES string of the molecule is COc1cc(C(=O)NS(C)(=O)=O)ccc1-c1cnc(F)c(C#N)c1. The first kappa shape index (κ1) is 17.4. The van der Waals surface area contributed by atoms with Crippen LogP contribution < -0.4 is 9.46 Å². The molecule has 0 saturated heterocycles. The van der Waals surface area contributed by atoms with Crippen LogP contribution in [-0.2, 0) is 10.0 Å². The van der Waals surface area contributed by atoms with Crippen LogP contribution in [0.1, 0.15) is 15.9 Å². The average Bonchev–Trinajstić information content (AvgIpc) is 2.53. The largest absolute Gasteiger partial charge is 0.496 e. The van der Waals surface area contributed by atoms with Crippen LogP contribution in [0.5, 0.6) is 5.75 Å². The van der Waals surface area contributed by atoms with Gasteiger partial charge in [0.05, 0.1) is 13.4 Å². The summed E-state index contributed by atoms with van der Waals surface area (Å²) in [5.41, 5.74) is 0.724. The second-order valence-electron chi connectivity index (χ2n) is 4.79. The van der Waals surface area contributed by atoms with E-state index in [-0.39, 0.29) is 16.9 Å². The molecule has 0 aliphatic carbocycles. The smallest absolute Gasteiger partial charge is 0.264 e. The molecule has 1 N–H and O–H groups in total. The van der Waals surface area contributed by atoms with Gasteiger partial charge >= 0.3 is 0 Å². The van der Waals surface area contributed by atoms with E-state index in [4.69, 9.17) is 10.00 Å². The zero-order valence-electron chi connectivity index (χ0n) is 12.7. The fourth-order valence-corrected chi connectivity index (χ4v) is 2.43. The van der Waals surface area contributed by atoms with Crippen molar-refractivity contribution >= 4 is 15.9 Å². The monoisotopic (exact) mass is 349 g/mol. The van der Waals surface area contributed by atoms with Gasteiger partial charge in [-0.15, -0.1) is 0 Å². The van der Waals surface area contributed by atoms with Crippen molar-refractivity contribution in [2.24, 2.45) is 0 Å². The number of pyridine rings is 1. The van der Waals surface area contributed by atoms with Gasteiger partial charge < -0.3 is 4.74 Å². The topological polar surface area (TPSA) is 109 Å². The number of nitriles is 1. The molecule has 2 aromatic rings. The van der Waals surface area contributed by atoms with Crippen LogP contribution in [-0.4, -0.2) is 32.7 Å². The Morgan fingerprint density at radius 3 is 2.67 bits per heavy atom. The van der Waals surface area contributed by atoms with Crippen LogP contribution in [0.25, 0.3) is 11.1 Å². The fraction of sp³-hybridized carbons (Fsp3) is 0.133. The number of nitrogens with zero attached hydrogens (tertiary/aromatic N) is 2. The highest BCUT2D eigenvalue weighted by Crippen LogP contribution is 2.31. The highest BCUT2D eigenvalue weighted by atomic mass is 32.2. The first-order valence-electron chi connectivity index (χ1n) is 6.51. The molecule has 0 radical (unpaired) electrons. The van der Waals surface area contributed by atoms with Gasteiger partial charge in [-0.2, -0.15) is 9.65 Å². The number of ether oxygens (including phenoxy) is 1. The van der Waals surface area contributed by atoms with E-state index < -0.39 is 21.9 Å². The zero-order chi connectivity index (χ0) is 17.9. The molecule has 0 saturated carbocycles. The van der Waals surface area contributed by atoms with Gasteiger partial charge in [-0.1, -0.05) is 0 Å². The Kier molecular flexibility index (Phi) is 4.80.